The minimum Gasteiger partial charge on any atom is -0.480 e. The van der Waals surface area contributed by atoms with Gasteiger partial charge in [0.15, 0.2) is 0 Å². The van der Waals surface area contributed by atoms with Crippen molar-refractivity contribution in [3.05, 3.63) is 0 Å². The van der Waals surface area contributed by atoms with E-state index in [0.717, 1.165) is 19.3 Å². The molecule has 0 spiro atoms. The van der Waals surface area contributed by atoms with Crippen LogP contribution in [-0.4, -0.2) is 65.0 Å². The third-order valence-electron chi connectivity index (χ3n) is 4.70. The summed E-state index contributed by atoms with van der Waals surface area (Å²) in [5.74, 6) is -0.723. The van der Waals surface area contributed by atoms with E-state index in [1.807, 2.05) is 0 Å². The van der Waals surface area contributed by atoms with E-state index < -0.39 is 12.0 Å². The molecular formula is C13H19N3O4. The van der Waals surface area contributed by atoms with E-state index in [-0.39, 0.29) is 24.4 Å². The van der Waals surface area contributed by atoms with Gasteiger partial charge in [0.1, 0.15) is 12.6 Å². The molecule has 20 heavy (non-hydrogen) atoms. The van der Waals surface area contributed by atoms with Gasteiger partial charge in [-0.2, -0.15) is 0 Å². The van der Waals surface area contributed by atoms with Gasteiger partial charge in [-0.3, -0.25) is 4.79 Å². The van der Waals surface area contributed by atoms with E-state index in [2.05, 4.69) is 5.32 Å². The Hall–Kier alpha value is -1.79. The maximum absolute atomic E-state index is 12.5. The van der Waals surface area contributed by atoms with Crippen molar-refractivity contribution < 1.29 is 19.5 Å². The molecule has 2 saturated heterocycles. The predicted molar refractivity (Wildman–Crippen MR) is 68.9 cm³/mol. The van der Waals surface area contributed by atoms with E-state index in [4.69, 9.17) is 0 Å². The van der Waals surface area contributed by atoms with Crippen LogP contribution < -0.4 is 5.32 Å². The first kappa shape index (κ1) is 13.2. The van der Waals surface area contributed by atoms with E-state index in [1.165, 1.54) is 9.80 Å². The van der Waals surface area contributed by atoms with Crippen molar-refractivity contribution in [1.82, 2.24) is 15.1 Å². The highest BCUT2D eigenvalue weighted by atomic mass is 16.4. The Morgan fingerprint density at radius 2 is 2.10 bits per heavy atom. The second kappa shape index (κ2) is 4.96. The second-order valence-electron chi connectivity index (χ2n) is 5.84. The molecule has 2 aliphatic heterocycles. The van der Waals surface area contributed by atoms with Crippen LogP contribution in [0.25, 0.3) is 0 Å². The van der Waals surface area contributed by atoms with Crippen molar-refractivity contribution in [3.8, 4) is 0 Å². The molecule has 3 unspecified atom stereocenters. The highest BCUT2D eigenvalue weighted by molar-refractivity contribution is 5.88. The standard InChI is InChI=1S/C13H19N3O4/c17-10-7-15(5-4-14-10)13(20)16-6-8-2-1-3-9(8)11(16)12(18)19/h8-9,11H,1-7H2,(H,14,17)(H,18,19). The number of nitrogens with one attached hydrogen (secondary N) is 1. The molecule has 3 atom stereocenters. The summed E-state index contributed by atoms with van der Waals surface area (Å²) in [6, 6.07) is -1.03. The number of carbonyl (C=O) groups is 3. The smallest absolute Gasteiger partial charge is 0.326 e. The van der Waals surface area contributed by atoms with Crippen LogP contribution in [0.1, 0.15) is 19.3 Å². The summed E-state index contributed by atoms with van der Waals surface area (Å²) >= 11 is 0. The summed E-state index contributed by atoms with van der Waals surface area (Å²) in [7, 11) is 0. The van der Waals surface area contributed by atoms with Gasteiger partial charge in [-0.1, -0.05) is 6.42 Å². The number of piperazine rings is 1. The first-order chi connectivity index (χ1) is 9.58. The number of likely N-dealkylation sites (tertiary alicyclic amines) is 1. The molecule has 7 nitrogen and oxygen atoms in total. The van der Waals surface area contributed by atoms with Gasteiger partial charge in [-0.15, -0.1) is 0 Å². The van der Waals surface area contributed by atoms with Gasteiger partial charge in [0.25, 0.3) is 0 Å². The van der Waals surface area contributed by atoms with Crippen molar-refractivity contribution in [2.75, 3.05) is 26.2 Å². The minimum atomic E-state index is -0.922. The van der Waals surface area contributed by atoms with Crippen LogP contribution in [0.5, 0.6) is 0 Å². The zero-order chi connectivity index (χ0) is 14.3. The number of hydrogen-bond donors (Lipinski definition) is 2. The molecule has 3 fully saturated rings. The lowest BCUT2D eigenvalue weighted by molar-refractivity contribution is -0.142. The molecule has 1 aliphatic carbocycles. The third kappa shape index (κ3) is 2.10. The zero-order valence-corrected chi connectivity index (χ0v) is 11.2. The van der Waals surface area contributed by atoms with E-state index >= 15 is 0 Å². The highest BCUT2D eigenvalue weighted by Gasteiger charge is 2.50. The summed E-state index contributed by atoms with van der Waals surface area (Å²) in [4.78, 5) is 38.3. The molecule has 1 saturated carbocycles. The molecule has 2 N–H and O–H groups in total. The number of carbonyl (C=O) groups excluding carboxylic acids is 2. The number of nitrogens with zero attached hydrogens (tertiary/aromatic N) is 2. The summed E-state index contributed by atoms with van der Waals surface area (Å²) in [6.07, 6.45) is 2.93. The van der Waals surface area contributed by atoms with Gasteiger partial charge in [-0.25, -0.2) is 9.59 Å². The summed E-state index contributed by atoms with van der Waals surface area (Å²) < 4.78 is 0. The van der Waals surface area contributed by atoms with Crippen LogP contribution in [0.2, 0.25) is 0 Å². The Kier molecular flexibility index (Phi) is 3.27. The quantitative estimate of drug-likeness (QED) is 0.692. The Morgan fingerprint density at radius 3 is 2.80 bits per heavy atom. The van der Waals surface area contributed by atoms with Gasteiger partial charge in [0.2, 0.25) is 5.91 Å². The summed E-state index contributed by atoms with van der Waals surface area (Å²) in [5.41, 5.74) is 0. The van der Waals surface area contributed by atoms with E-state index in [1.54, 1.807) is 0 Å². The van der Waals surface area contributed by atoms with Crippen LogP contribution >= 0.6 is 0 Å². The largest absolute Gasteiger partial charge is 0.480 e. The van der Waals surface area contributed by atoms with Crippen LogP contribution in [0.3, 0.4) is 0 Å². The molecule has 7 heteroatoms. The molecule has 0 aromatic carbocycles. The van der Waals surface area contributed by atoms with Gasteiger partial charge in [0.05, 0.1) is 0 Å². The molecular weight excluding hydrogens is 262 g/mol. The number of carboxylic acid groups (broad SMARTS) is 1. The average Bonchev–Trinajstić information content (AvgIpc) is 2.96. The molecule has 3 aliphatic rings. The fourth-order valence-electron chi connectivity index (χ4n) is 3.80. The molecule has 3 rings (SSSR count). The average molecular weight is 281 g/mol. The van der Waals surface area contributed by atoms with Crippen molar-refractivity contribution in [3.63, 3.8) is 0 Å². The number of hydrogen-bond acceptors (Lipinski definition) is 3. The lowest BCUT2D eigenvalue weighted by Crippen LogP contribution is -2.56. The zero-order valence-electron chi connectivity index (χ0n) is 11.2. The summed E-state index contributed by atoms with van der Waals surface area (Å²) in [5, 5.41) is 12.1. The Balaban J connectivity index is 1.76. The van der Waals surface area contributed by atoms with Crippen molar-refractivity contribution in [2.24, 2.45) is 11.8 Å². The normalized spacial score (nSPS) is 33.0. The third-order valence-corrected chi connectivity index (χ3v) is 4.70. The fraction of sp³-hybridized carbons (Fsp3) is 0.769. The number of fused-ring (bicyclic) bond motifs is 1. The minimum absolute atomic E-state index is 0.0248. The number of amides is 3. The monoisotopic (exact) mass is 281 g/mol. The van der Waals surface area contributed by atoms with E-state index in [9.17, 15) is 19.5 Å². The molecule has 110 valence electrons. The van der Waals surface area contributed by atoms with Gasteiger partial charge >= 0.3 is 12.0 Å². The lowest BCUT2D eigenvalue weighted by atomic mass is 9.94. The van der Waals surface area contributed by atoms with E-state index in [0.29, 0.717) is 25.6 Å². The molecule has 3 amide bonds. The summed E-state index contributed by atoms with van der Waals surface area (Å²) in [6.45, 7) is 1.42. The van der Waals surface area contributed by atoms with Crippen molar-refractivity contribution in [1.29, 1.82) is 0 Å². The number of urea groups is 1. The van der Waals surface area contributed by atoms with Crippen LogP contribution in [0.4, 0.5) is 4.79 Å². The fourth-order valence-corrected chi connectivity index (χ4v) is 3.80. The molecule has 0 aromatic heterocycles. The topological polar surface area (TPSA) is 90.0 Å². The second-order valence-corrected chi connectivity index (χ2v) is 5.84. The lowest BCUT2D eigenvalue weighted by Gasteiger charge is -2.33. The van der Waals surface area contributed by atoms with Gasteiger partial charge in [0, 0.05) is 19.6 Å². The Morgan fingerprint density at radius 1 is 1.30 bits per heavy atom. The molecule has 0 radical (unpaired) electrons. The first-order valence-corrected chi connectivity index (χ1v) is 7.13. The van der Waals surface area contributed by atoms with Gasteiger partial charge in [-0.05, 0) is 24.7 Å². The van der Waals surface area contributed by atoms with Crippen molar-refractivity contribution in [2.45, 2.75) is 25.3 Å². The SMILES string of the molecule is O=C1CN(C(=O)N2CC3CCCC3C2C(=O)O)CCN1. The first-order valence-electron chi connectivity index (χ1n) is 7.13. The Labute approximate surface area is 116 Å². The van der Waals surface area contributed by atoms with Crippen molar-refractivity contribution >= 4 is 17.9 Å². The predicted octanol–water partition coefficient (Wildman–Crippen LogP) is -0.277. The highest BCUT2D eigenvalue weighted by Crippen LogP contribution is 2.42. The van der Waals surface area contributed by atoms with Crippen LogP contribution in [0, 0.1) is 11.8 Å². The Bertz CT molecular complexity index is 453. The molecule has 0 bridgehead atoms. The van der Waals surface area contributed by atoms with Crippen LogP contribution in [0.15, 0.2) is 0 Å². The molecule has 2 heterocycles. The number of rotatable bonds is 1. The van der Waals surface area contributed by atoms with Crippen LogP contribution in [-0.2, 0) is 9.59 Å². The number of aliphatic carboxylic acids is 1. The molecule has 0 aromatic rings. The maximum atomic E-state index is 12.5. The van der Waals surface area contributed by atoms with Gasteiger partial charge < -0.3 is 20.2 Å². The number of carboxylic acids is 1. The maximum Gasteiger partial charge on any atom is 0.326 e.